The van der Waals surface area contributed by atoms with E-state index in [1.165, 1.54) is 0 Å². The van der Waals surface area contributed by atoms with Crippen molar-refractivity contribution in [3.8, 4) is 0 Å². The predicted molar refractivity (Wildman–Crippen MR) is 76.5 cm³/mol. The second kappa shape index (κ2) is 7.21. The molecular weight excluding hydrogens is 288 g/mol. The van der Waals surface area contributed by atoms with Crippen molar-refractivity contribution in [2.24, 2.45) is 0 Å². The first-order valence-electron chi connectivity index (χ1n) is 7.68. The van der Waals surface area contributed by atoms with Crippen LogP contribution in [0.3, 0.4) is 0 Å². The van der Waals surface area contributed by atoms with Gasteiger partial charge < -0.3 is 23.5 Å². The van der Waals surface area contributed by atoms with E-state index in [9.17, 15) is 4.79 Å². The molecule has 7 nitrogen and oxygen atoms in total. The molecule has 2 aliphatic heterocycles. The van der Waals surface area contributed by atoms with Crippen molar-refractivity contribution in [3.63, 3.8) is 0 Å². The quantitative estimate of drug-likeness (QED) is 0.721. The number of ether oxygens (including phenoxy) is 3. The smallest absolute Gasteiger partial charge is 0.248 e. The minimum absolute atomic E-state index is 0.0181. The van der Waals surface area contributed by atoms with Gasteiger partial charge in [0, 0.05) is 26.7 Å². The van der Waals surface area contributed by atoms with Crippen molar-refractivity contribution in [3.05, 3.63) is 17.3 Å². The van der Waals surface area contributed by atoms with Crippen molar-refractivity contribution in [1.82, 2.24) is 9.88 Å². The third-order valence-electron chi connectivity index (χ3n) is 4.03. The SMILES string of the molecule is COCCOCC(=O)N1CCc2oc(C3CCOC3)nc2C1. The second-order valence-corrected chi connectivity index (χ2v) is 5.59. The van der Waals surface area contributed by atoms with Crippen molar-refractivity contribution >= 4 is 5.91 Å². The number of hydrogen-bond donors (Lipinski definition) is 0. The lowest BCUT2D eigenvalue weighted by atomic mass is 10.1. The topological polar surface area (TPSA) is 74.0 Å². The van der Waals surface area contributed by atoms with Gasteiger partial charge in [0.25, 0.3) is 0 Å². The van der Waals surface area contributed by atoms with Crippen LogP contribution >= 0.6 is 0 Å². The van der Waals surface area contributed by atoms with Crippen LogP contribution in [-0.4, -0.2) is 62.5 Å². The Hall–Kier alpha value is -1.44. The molecule has 1 saturated heterocycles. The van der Waals surface area contributed by atoms with E-state index in [1.807, 2.05) is 0 Å². The first-order chi connectivity index (χ1) is 10.8. The van der Waals surface area contributed by atoms with Crippen molar-refractivity contribution in [2.75, 3.05) is 46.7 Å². The molecular formula is C15H22N2O5. The summed E-state index contributed by atoms with van der Waals surface area (Å²) in [4.78, 5) is 18.5. The number of methoxy groups -OCH3 is 1. The number of nitrogens with zero attached hydrogens (tertiary/aromatic N) is 2. The summed E-state index contributed by atoms with van der Waals surface area (Å²) in [6.07, 6.45) is 1.66. The molecule has 0 radical (unpaired) electrons. The lowest BCUT2D eigenvalue weighted by Crippen LogP contribution is -2.38. The van der Waals surface area contributed by atoms with E-state index in [0.717, 1.165) is 30.4 Å². The number of amides is 1. The highest BCUT2D eigenvalue weighted by Gasteiger charge is 2.29. The van der Waals surface area contributed by atoms with E-state index < -0.39 is 0 Å². The van der Waals surface area contributed by atoms with Crippen LogP contribution < -0.4 is 0 Å². The Morgan fingerprint density at radius 3 is 3.14 bits per heavy atom. The standard InChI is InChI=1S/C15H22N2O5/c1-19-6-7-21-10-14(18)17-4-2-13-12(8-17)16-15(22-13)11-3-5-20-9-11/h11H,2-10H2,1H3. The van der Waals surface area contributed by atoms with Gasteiger partial charge in [0.15, 0.2) is 5.89 Å². The molecule has 1 aromatic heterocycles. The maximum Gasteiger partial charge on any atom is 0.248 e. The summed E-state index contributed by atoms with van der Waals surface area (Å²) < 4.78 is 21.4. The molecule has 1 atom stereocenters. The highest BCUT2D eigenvalue weighted by molar-refractivity contribution is 5.77. The van der Waals surface area contributed by atoms with E-state index >= 15 is 0 Å². The number of rotatable bonds is 6. The first kappa shape index (κ1) is 15.5. The van der Waals surface area contributed by atoms with Crippen LogP contribution in [0.15, 0.2) is 4.42 Å². The third kappa shape index (κ3) is 3.48. The summed E-state index contributed by atoms with van der Waals surface area (Å²) in [5, 5.41) is 0. The summed E-state index contributed by atoms with van der Waals surface area (Å²) in [5.74, 6) is 1.90. The van der Waals surface area contributed by atoms with E-state index in [4.69, 9.17) is 18.6 Å². The molecule has 0 aliphatic carbocycles. The zero-order valence-electron chi connectivity index (χ0n) is 12.9. The fourth-order valence-electron chi connectivity index (χ4n) is 2.73. The van der Waals surface area contributed by atoms with Gasteiger partial charge in [-0.05, 0) is 6.42 Å². The van der Waals surface area contributed by atoms with Crippen LogP contribution in [-0.2, 0) is 32.0 Å². The summed E-state index contributed by atoms with van der Waals surface area (Å²) in [7, 11) is 1.61. The number of carbonyl (C=O) groups excluding carboxylic acids is 1. The lowest BCUT2D eigenvalue weighted by molar-refractivity contribution is -0.137. The average molecular weight is 310 g/mol. The summed E-state index contributed by atoms with van der Waals surface area (Å²) >= 11 is 0. The summed E-state index contributed by atoms with van der Waals surface area (Å²) in [6.45, 7) is 3.59. The van der Waals surface area contributed by atoms with Crippen LogP contribution in [0.25, 0.3) is 0 Å². The van der Waals surface area contributed by atoms with E-state index in [0.29, 0.717) is 39.3 Å². The molecule has 1 aromatic rings. The molecule has 1 unspecified atom stereocenters. The maximum atomic E-state index is 12.1. The molecule has 0 spiro atoms. The number of aromatic nitrogens is 1. The van der Waals surface area contributed by atoms with Crippen molar-refractivity contribution in [2.45, 2.75) is 25.3 Å². The second-order valence-electron chi connectivity index (χ2n) is 5.59. The predicted octanol–water partition coefficient (Wildman–Crippen LogP) is 0.726. The average Bonchev–Trinajstić information content (AvgIpc) is 3.18. The minimum Gasteiger partial charge on any atom is -0.445 e. The minimum atomic E-state index is -0.0181. The Labute approximate surface area is 129 Å². The molecule has 0 bridgehead atoms. The molecule has 3 rings (SSSR count). The number of carbonyl (C=O) groups is 1. The van der Waals surface area contributed by atoms with E-state index in [-0.39, 0.29) is 18.4 Å². The van der Waals surface area contributed by atoms with E-state index in [1.54, 1.807) is 12.0 Å². The maximum absolute atomic E-state index is 12.1. The Kier molecular flexibility index (Phi) is 5.07. The molecule has 1 fully saturated rings. The van der Waals surface area contributed by atoms with Gasteiger partial charge in [-0.15, -0.1) is 0 Å². The van der Waals surface area contributed by atoms with E-state index in [2.05, 4.69) is 4.98 Å². The Bertz CT molecular complexity index is 510. The molecule has 0 saturated carbocycles. The van der Waals surface area contributed by atoms with Crippen LogP contribution in [0.2, 0.25) is 0 Å². The molecule has 3 heterocycles. The van der Waals surface area contributed by atoms with Crippen LogP contribution in [0, 0.1) is 0 Å². The molecule has 0 aromatic carbocycles. The fourth-order valence-corrected chi connectivity index (χ4v) is 2.73. The zero-order chi connectivity index (χ0) is 15.4. The van der Waals surface area contributed by atoms with Gasteiger partial charge in [-0.2, -0.15) is 0 Å². The van der Waals surface area contributed by atoms with Crippen molar-refractivity contribution in [1.29, 1.82) is 0 Å². The largest absolute Gasteiger partial charge is 0.445 e. The van der Waals surface area contributed by atoms with Gasteiger partial charge in [0.05, 0.1) is 32.3 Å². The molecule has 22 heavy (non-hydrogen) atoms. The van der Waals surface area contributed by atoms with Crippen LogP contribution in [0.4, 0.5) is 0 Å². The Morgan fingerprint density at radius 1 is 1.45 bits per heavy atom. The third-order valence-corrected chi connectivity index (χ3v) is 4.03. The highest BCUT2D eigenvalue weighted by atomic mass is 16.5. The van der Waals surface area contributed by atoms with Crippen LogP contribution in [0.1, 0.15) is 29.7 Å². The fraction of sp³-hybridized carbons (Fsp3) is 0.733. The van der Waals surface area contributed by atoms with Gasteiger partial charge in [0.2, 0.25) is 5.91 Å². The Balaban J connectivity index is 1.55. The summed E-state index contributed by atoms with van der Waals surface area (Å²) in [5.41, 5.74) is 0.874. The lowest BCUT2D eigenvalue weighted by Gasteiger charge is -2.25. The highest BCUT2D eigenvalue weighted by Crippen LogP contribution is 2.28. The molecule has 122 valence electrons. The van der Waals surface area contributed by atoms with Gasteiger partial charge in [0.1, 0.15) is 18.1 Å². The van der Waals surface area contributed by atoms with Crippen LogP contribution in [0.5, 0.6) is 0 Å². The molecule has 0 N–H and O–H groups in total. The molecule has 7 heteroatoms. The number of fused-ring (bicyclic) bond motifs is 1. The van der Waals surface area contributed by atoms with Gasteiger partial charge in [-0.3, -0.25) is 4.79 Å². The van der Waals surface area contributed by atoms with Gasteiger partial charge >= 0.3 is 0 Å². The monoisotopic (exact) mass is 310 g/mol. The Morgan fingerprint density at radius 2 is 2.36 bits per heavy atom. The van der Waals surface area contributed by atoms with Gasteiger partial charge in [-0.1, -0.05) is 0 Å². The molecule has 2 aliphatic rings. The summed E-state index contributed by atoms with van der Waals surface area (Å²) in [6, 6.07) is 0. The first-order valence-corrected chi connectivity index (χ1v) is 7.68. The zero-order valence-corrected chi connectivity index (χ0v) is 12.9. The number of hydrogen-bond acceptors (Lipinski definition) is 6. The normalized spacial score (nSPS) is 21.1. The van der Waals surface area contributed by atoms with Gasteiger partial charge in [-0.25, -0.2) is 4.98 Å². The molecule has 1 amide bonds. The number of oxazole rings is 1. The van der Waals surface area contributed by atoms with Crippen molar-refractivity contribution < 1.29 is 23.4 Å².